The summed E-state index contributed by atoms with van der Waals surface area (Å²) in [6.45, 7) is 1.92. The molecule has 2 N–H and O–H groups in total. The van der Waals surface area contributed by atoms with E-state index in [1.807, 2.05) is 0 Å². The molecule has 1 amide bonds. The first kappa shape index (κ1) is 18.5. The van der Waals surface area contributed by atoms with Gasteiger partial charge in [-0.25, -0.2) is 21.9 Å². The number of hydrogen-bond acceptors (Lipinski definition) is 4. The Hall–Kier alpha value is -1.58. The lowest BCUT2D eigenvalue weighted by Gasteiger charge is -2.13. The van der Waals surface area contributed by atoms with Crippen molar-refractivity contribution in [1.29, 1.82) is 0 Å². The summed E-state index contributed by atoms with van der Waals surface area (Å²) < 4.78 is 56.5. The van der Waals surface area contributed by atoms with Crippen molar-refractivity contribution in [2.45, 2.75) is 24.3 Å². The SMILES string of the molecule is COCC(C)NC(=O)CCNS(=O)(=O)c1ccc(F)c(F)c1. The summed E-state index contributed by atoms with van der Waals surface area (Å²) in [4.78, 5) is 11.1. The number of benzene rings is 1. The van der Waals surface area contributed by atoms with Gasteiger partial charge in [0.15, 0.2) is 11.6 Å². The van der Waals surface area contributed by atoms with Gasteiger partial charge in [-0.2, -0.15) is 0 Å². The average Bonchev–Trinajstić information content (AvgIpc) is 2.41. The number of nitrogens with one attached hydrogen (secondary N) is 2. The molecule has 22 heavy (non-hydrogen) atoms. The van der Waals surface area contributed by atoms with Crippen molar-refractivity contribution in [3.05, 3.63) is 29.8 Å². The van der Waals surface area contributed by atoms with E-state index in [2.05, 4.69) is 10.0 Å². The van der Waals surface area contributed by atoms with Crippen LogP contribution in [0.2, 0.25) is 0 Å². The maximum Gasteiger partial charge on any atom is 0.240 e. The molecule has 0 fully saturated rings. The Bertz CT molecular complexity index is 622. The van der Waals surface area contributed by atoms with E-state index in [0.29, 0.717) is 12.7 Å². The summed E-state index contributed by atoms with van der Waals surface area (Å²) in [5.74, 6) is -2.74. The minimum atomic E-state index is -4.00. The number of hydrogen-bond donors (Lipinski definition) is 2. The van der Waals surface area contributed by atoms with Crippen LogP contribution in [0.4, 0.5) is 8.78 Å². The van der Waals surface area contributed by atoms with Gasteiger partial charge in [0.2, 0.25) is 15.9 Å². The van der Waals surface area contributed by atoms with Crippen LogP contribution in [0.25, 0.3) is 0 Å². The zero-order chi connectivity index (χ0) is 16.8. The second-order valence-electron chi connectivity index (χ2n) is 4.65. The highest BCUT2D eigenvalue weighted by molar-refractivity contribution is 7.89. The maximum absolute atomic E-state index is 13.0. The Kier molecular flexibility index (Phi) is 6.85. The monoisotopic (exact) mass is 336 g/mol. The van der Waals surface area contributed by atoms with Crippen molar-refractivity contribution in [3.8, 4) is 0 Å². The molecule has 0 heterocycles. The lowest BCUT2D eigenvalue weighted by atomic mass is 10.3. The highest BCUT2D eigenvalue weighted by atomic mass is 32.2. The fraction of sp³-hybridized carbons (Fsp3) is 0.462. The fourth-order valence-corrected chi connectivity index (χ4v) is 2.71. The summed E-state index contributed by atoms with van der Waals surface area (Å²) in [6.07, 6.45) is -0.0863. The van der Waals surface area contributed by atoms with Crippen molar-refractivity contribution in [2.75, 3.05) is 20.3 Å². The number of sulfonamides is 1. The zero-order valence-corrected chi connectivity index (χ0v) is 13.0. The largest absolute Gasteiger partial charge is 0.383 e. The fourth-order valence-electron chi connectivity index (χ4n) is 1.66. The molecule has 1 rings (SSSR count). The smallest absolute Gasteiger partial charge is 0.240 e. The minimum absolute atomic E-state index is 0.0863. The van der Waals surface area contributed by atoms with E-state index < -0.39 is 26.6 Å². The molecule has 0 aromatic heterocycles. The van der Waals surface area contributed by atoms with E-state index in [4.69, 9.17) is 4.74 Å². The van der Waals surface area contributed by atoms with Crippen LogP contribution >= 0.6 is 0 Å². The molecule has 0 spiro atoms. The van der Waals surface area contributed by atoms with E-state index in [1.165, 1.54) is 7.11 Å². The van der Waals surface area contributed by atoms with Gasteiger partial charge in [-0.1, -0.05) is 0 Å². The van der Waals surface area contributed by atoms with Crippen LogP contribution in [-0.2, 0) is 19.6 Å². The van der Waals surface area contributed by atoms with Crippen LogP contribution in [-0.4, -0.2) is 40.6 Å². The van der Waals surface area contributed by atoms with Crippen molar-refractivity contribution in [1.82, 2.24) is 10.0 Å². The number of amides is 1. The van der Waals surface area contributed by atoms with E-state index in [-0.39, 0.29) is 24.9 Å². The minimum Gasteiger partial charge on any atom is -0.383 e. The average molecular weight is 336 g/mol. The Morgan fingerprint density at radius 3 is 2.59 bits per heavy atom. The Morgan fingerprint density at radius 1 is 1.32 bits per heavy atom. The first-order valence-corrected chi connectivity index (χ1v) is 7.97. The van der Waals surface area contributed by atoms with Crippen LogP contribution in [0.3, 0.4) is 0 Å². The zero-order valence-electron chi connectivity index (χ0n) is 12.2. The van der Waals surface area contributed by atoms with Gasteiger partial charge in [-0.05, 0) is 25.1 Å². The predicted molar refractivity (Wildman–Crippen MR) is 75.6 cm³/mol. The van der Waals surface area contributed by atoms with Gasteiger partial charge in [0, 0.05) is 26.1 Å². The molecule has 0 aliphatic rings. The Morgan fingerprint density at radius 2 is 2.00 bits per heavy atom. The van der Waals surface area contributed by atoms with Gasteiger partial charge in [0.25, 0.3) is 0 Å². The maximum atomic E-state index is 13.0. The van der Waals surface area contributed by atoms with E-state index in [0.717, 1.165) is 12.1 Å². The molecule has 0 saturated carbocycles. The first-order chi connectivity index (χ1) is 10.3. The number of methoxy groups -OCH3 is 1. The molecule has 0 bridgehead atoms. The highest BCUT2D eigenvalue weighted by Crippen LogP contribution is 2.13. The highest BCUT2D eigenvalue weighted by Gasteiger charge is 2.16. The molecule has 6 nitrogen and oxygen atoms in total. The first-order valence-electron chi connectivity index (χ1n) is 6.49. The van der Waals surface area contributed by atoms with E-state index >= 15 is 0 Å². The van der Waals surface area contributed by atoms with Gasteiger partial charge >= 0.3 is 0 Å². The van der Waals surface area contributed by atoms with Gasteiger partial charge < -0.3 is 10.1 Å². The Balaban J connectivity index is 2.52. The summed E-state index contributed by atoms with van der Waals surface area (Å²) >= 11 is 0. The molecular formula is C13H18F2N2O4S. The second kappa shape index (κ2) is 8.16. The Labute approximate surface area is 127 Å². The molecule has 0 aliphatic carbocycles. The lowest BCUT2D eigenvalue weighted by Crippen LogP contribution is -2.37. The molecule has 0 radical (unpaired) electrons. The van der Waals surface area contributed by atoms with Crippen LogP contribution in [0.1, 0.15) is 13.3 Å². The van der Waals surface area contributed by atoms with Crippen molar-refractivity contribution in [2.24, 2.45) is 0 Å². The molecular weight excluding hydrogens is 318 g/mol. The second-order valence-corrected chi connectivity index (χ2v) is 6.41. The van der Waals surface area contributed by atoms with E-state index in [1.54, 1.807) is 6.92 Å². The molecule has 1 unspecified atom stereocenters. The summed E-state index contributed by atoms with van der Waals surface area (Å²) in [7, 11) is -2.50. The van der Waals surface area contributed by atoms with Gasteiger partial charge in [-0.15, -0.1) is 0 Å². The lowest BCUT2D eigenvalue weighted by molar-refractivity contribution is -0.121. The summed E-state index contributed by atoms with van der Waals surface area (Å²) in [5.41, 5.74) is 0. The number of rotatable bonds is 8. The van der Waals surface area contributed by atoms with E-state index in [9.17, 15) is 22.0 Å². The number of carbonyl (C=O) groups is 1. The summed E-state index contributed by atoms with van der Waals surface area (Å²) in [5, 5.41) is 2.62. The van der Waals surface area contributed by atoms with Crippen LogP contribution in [0, 0.1) is 11.6 Å². The normalized spacial score (nSPS) is 12.9. The summed E-state index contributed by atoms with van der Waals surface area (Å²) in [6, 6.07) is 2.06. The standard InChI is InChI=1S/C13H18F2N2O4S/c1-9(8-21-2)17-13(18)5-6-16-22(19,20)10-3-4-11(14)12(15)7-10/h3-4,7,9,16H,5-6,8H2,1-2H3,(H,17,18). The molecule has 9 heteroatoms. The number of carbonyl (C=O) groups excluding carboxylic acids is 1. The third kappa shape index (κ3) is 5.66. The van der Waals surface area contributed by atoms with Gasteiger partial charge in [0.1, 0.15) is 0 Å². The van der Waals surface area contributed by atoms with Gasteiger partial charge in [0.05, 0.1) is 11.5 Å². The van der Waals surface area contributed by atoms with Crippen LogP contribution < -0.4 is 10.0 Å². The molecule has 1 aromatic carbocycles. The third-order valence-electron chi connectivity index (χ3n) is 2.67. The third-order valence-corrected chi connectivity index (χ3v) is 4.13. The molecule has 0 saturated heterocycles. The number of ether oxygens (including phenoxy) is 1. The quantitative estimate of drug-likeness (QED) is 0.735. The van der Waals surface area contributed by atoms with Crippen LogP contribution in [0.15, 0.2) is 23.1 Å². The predicted octanol–water partition coefficient (Wildman–Crippen LogP) is 0.784. The molecule has 1 aromatic rings. The van der Waals surface area contributed by atoms with Gasteiger partial charge in [-0.3, -0.25) is 4.79 Å². The number of halogens is 2. The van der Waals surface area contributed by atoms with Crippen molar-refractivity contribution < 1.29 is 26.7 Å². The van der Waals surface area contributed by atoms with Crippen molar-refractivity contribution in [3.63, 3.8) is 0 Å². The van der Waals surface area contributed by atoms with Crippen LogP contribution in [0.5, 0.6) is 0 Å². The molecule has 0 aliphatic heterocycles. The van der Waals surface area contributed by atoms with Crippen molar-refractivity contribution >= 4 is 15.9 Å². The topological polar surface area (TPSA) is 84.5 Å². The molecule has 124 valence electrons. The molecule has 1 atom stereocenters.